The zero-order chi connectivity index (χ0) is 23.2. The quantitative estimate of drug-likeness (QED) is 0.426. The van der Waals surface area contributed by atoms with Crippen LogP contribution in [0.25, 0.3) is 22.3 Å². The number of alkyl halides is 3. The van der Waals surface area contributed by atoms with Crippen molar-refractivity contribution in [2.75, 3.05) is 13.7 Å². The first kappa shape index (κ1) is 21.5. The van der Waals surface area contributed by atoms with Gasteiger partial charge in [-0.1, -0.05) is 12.1 Å². The average Bonchev–Trinajstić information content (AvgIpc) is 3.12. The van der Waals surface area contributed by atoms with Gasteiger partial charge in [0.05, 0.1) is 18.4 Å². The maximum Gasteiger partial charge on any atom is 0.416 e. The number of nitrogens with zero attached hydrogens (tertiary/aromatic N) is 4. The van der Waals surface area contributed by atoms with E-state index in [0.717, 1.165) is 60.7 Å². The molecule has 1 aliphatic heterocycles. The maximum atomic E-state index is 12.8. The lowest BCUT2D eigenvalue weighted by molar-refractivity contribution is -0.137. The van der Waals surface area contributed by atoms with Crippen LogP contribution in [0.1, 0.15) is 22.4 Å². The number of hydrogen-bond donors (Lipinski definition) is 0. The molecule has 2 aromatic carbocycles. The third kappa shape index (κ3) is 4.18. The Labute approximate surface area is 189 Å². The summed E-state index contributed by atoms with van der Waals surface area (Å²) < 4.78 is 46.0. The van der Waals surface area contributed by atoms with E-state index in [4.69, 9.17) is 4.74 Å². The normalized spacial score (nSPS) is 14.5. The summed E-state index contributed by atoms with van der Waals surface area (Å²) >= 11 is 0. The molecule has 0 radical (unpaired) electrons. The monoisotopic (exact) mass is 452 g/mol. The molecule has 2 aromatic heterocycles. The van der Waals surface area contributed by atoms with Crippen molar-refractivity contribution in [3.8, 4) is 17.1 Å². The number of rotatable bonds is 4. The lowest BCUT2D eigenvalue weighted by Crippen LogP contribution is -2.30. The second-order valence-electron chi connectivity index (χ2n) is 8.35. The van der Waals surface area contributed by atoms with Crippen LogP contribution in [0.3, 0.4) is 0 Å². The van der Waals surface area contributed by atoms with Gasteiger partial charge in [-0.05, 0) is 35.9 Å². The minimum Gasteiger partial charge on any atom is -0.497 e. The highest BCUT2D eigenvalue weighted by atomic mass is 19.4. The topological polar surface area (TPSA) is 43.2 Å². The molecule has 170 valence electrons. The summed E-state index contributed by atoms with van der Waals surface area (Å²) in [7, 11) is 3.71. The van der Waals surface area contributed by atoms with Crippen molar-refractivity contribution >= 4 is 10.9 Å². The van der Waals surface area contributed by atoms with Crippen LogP contribution in [-0.2, 0) is 32.7 Å². The van der Waals surface area contributed by atoms with Gasteiger partial charge in [-0.15, -0.1) is 0 Å². The van der Waals surface area contributed by atoms with Crippen LogP contribution in [0.15, 0.2) is 54.9 Å². The third-order valence-corrected chi connectivity index (χ3v) is 6.16. The predicted octanol–water partition coefficient (Wildman–Crippen LogP) is 5.22. The molecular formula is C25H23F3N4O. The van der Waals surface area contributed by atoms with Crippen molar-refractivity contribution in [2.24, 2.45) is 7.05 Å². The summed E-state index contributed by atoms with van der Waals surface area (Å²) in [6, 6.07) is 11.1. The molecule has 0 bridgehead atoms. The van der Waals surface area contributed by atoms with Gasteiger partial charge in [0.25, 0.3) is 0 Å². The summed E-state index contributed by atoms with van der Waals surface area (Å²) in [5.41, 5.74) is 4.30. The maximum absolute atomic E-state index is 12.8. The van der Waals surface area contributed by atoms with E-state index in [1.807, 2.05) is 13.1 Å². The minimum atomic E-state index is -4.35. The van der Waals surface area contributed by atoms with Gasteiger partial charge < -0.3 is 9.30 Å². The Bertz CT molecular complexity index is 1310. The summed E-state index contributed by atoms with van der Waals surface area (Å²) in [6.07, 6.45) is 0.366. The number of aromatic nitrogens is 3. The smallest absolute Gasteiger partial charge is 0.416 e. The van der Waals surface area contributed by atoms with Gasteiger partial charge >= 0.3 is 6.18 Å². The van der Waals surface area contributed by atoms with Gasteiger partial charge in [0.2, 0.25) is 0 Å². The molecule has 0 aliphatic carbocycles. The van der Waals surface area contributed by atoms with Crippen LogP contribution in [-0.4, -0.2) is 33.1 Å². The second-order valence-corrected chi connectivity index (χ2v) is 8.35. The van der Waals surface area contributed by atoms with E-state index < -0.39 is 11.7 Å². The Balaban J connectivity index is 1.34. The van der Waals surface area contributed by atoms with Crippen molar-refractivity contribution in [3.05, 3.63) is 77.2 Å². The van der Waals surface area contributed by atoms with E-state index in [-0.39, 0.29) is 0 Å². The molecule has 0 atom stereocenters. The van der Waals surface area contributed by atoms with Gasteiger partial charge in [-0.25, -0.2) is 9.97 Å². The summed E-state index contributed by atoms with van der Waals surface area (Å²) in [5, 5.41) is 1.18. The largest absolute Gasteiger partial charge is 0.497 e. The number of methoxy groups -OCH3 is 1. The van der Waals surface area contributed by atoms with Crippen LogP contribution in [0.5, 0.6) is 5.75 Å². The number of benzene rings is 2. The summed E-state index contributed by atoms with van der Waals surface area (Å²) in [6.45, 7) is 2.37. The summed E-state index contributed by atoms with van der Waals surface area (Å²) in [5.74, 6) is 1.29. The van der Waals surface area contributed by atoms with Gasteiger partial charge in [0.15, 0.2) is 5.82 Å². The van der Waals surface area contributed by atoms with Crippen molar-refractivity contribution in [2.45, 2.75) is 25.7 Å². The minimum absolute atomic E-state index is 0.456. The zero-order valence-electron chi connectivity index (χ0n) is 18.4. The van der Waals surface area contributed by atoms with Gasteiger partial charge in [-0.2, -0.15) is 13.2 Å². The van der Waals surface area contributed by atoms with Gasteiger partial charge in [0.1, 0.15) is 5.75 Å². The molecule has 0 N–H and O–H groups in total. The van der Waals surface area contributed by atoms with Crippen LogP contribution in [0, 0.1) is 0 Å². The molecule has 0 saturated carbocycles. The van der Waals surface area contributed by atoms with E-state index in [0.29, 0.717) is 11.4 Å². The highest BCUT2D eigenvalue weighted by molar-refractivity contribution is 5.85. The molecule has 3 heterocycles. The Kier molecular flexibility index (Phi) is 5.32. The fraction of sp³-hybridized carbons (Fsp3) is 0.280. The Morgan fingerprint density at radius 1 is 1.09 bits per heavy atom. The lowest BCUT2D eigenvalue weighted by atomic mass is 10.0. The molecule has 1 aliphatic rings. The molecule has 0 saturated heterocycles. The standard InChI is InChI=1S/C25H23F3N4O/c1-31-13-18(21-11-20(33-2)7-8-23(21)31)15-32-10-9-22-17(14-32)12-29-24(30-22)16-3-5-19(6-4-16)25(26,27)28/h3-8,11-13H,9-10,14-15H2,1-2H3. The first-order valence-electron chi connectivity index (χ1n) is 10.7. The van der Waals surface area contributed by atoms with Crippen molar-refractivity contribution < 1.29 is 17.9 Å². The second kappa shape index (κ2) is 8.19. The molecule has 0 spiro atoms. The van der Waals surface area contributed by atoms with Crippen LogP contribution in [0.2, 0.25) is 0 Å². The van der Waals surface area contributed by atoms with Gasteiger partial charge in [-0.3, -0.25) is 4.90 Å². The molecule has 0 unspecified atom stereocenters. The van der Waals surface area contributed by atoms with Crippen molar-refractivity contribution in [3.63, 3.8) is 0 Å². The fourth-order valence-corrected chi connectivity index (χ4v) is 4.40. The van der Waals surface area contributed by atoms with Crippen LogP contribution < -0.4 is 4.74 Å². The number of hydrogen-bond acceptors (Lipinski definition) is 4. The highest BCUT2D eigenvalue weighted by Gasteiger charge is 2.30. The molecule has 0 amide bonds. The van der Waals surface area contributed by atoms with E-state index in [9.17, 15) is 13.2 Å². The van der Waals surface area contributed by atoms with Crippen LogP contribution in [0.4, 0.5) is 13.2 Å². The first-order chi connectivity index (χ1) is 15.8. The average molecular weight is 452 g/mol. The third-order valence-electron chi connectivity index (χ3n) is 6.16. The lowest BCUT2D eigenvalue weighted by Gasteiger charge is -2.28. The Morgan fingerprint density at radius 3 is 2.61 bits per heavy atom. The Hall–Kier alpha value is -3.39. The fourth-order valence-electron chi connectivity index (χ4n) is 4.40. The molecule has 5 rings (SSSR count). The van der Waals surface area contributed by atoms with Crippen LogP contribution >= 0.6 is 0 Å². The van der Waals surface area contributed by atoms with Gasteiger partial charge in [0, 0.05) is 67.5 Å². The van der Waals surface area contributed by atoms with E-state index in [1.165, 1.54) is 23.1 Å². The molecule has 0 fully saturated rings. The highest BCUT2D eigenvalue weighted by Crippen LogP contribution is 2.31. The van der Waals surface area contributed by atoms with Crippen molar-refractivity contribution in [1.82, 2.24) is 19.4 Å². The van der Waals surface area contributed by atoms with E-state index >= 15 is 0 Å². The Morgan fingerprint density at radius 2 is 1.88 bits per heavy atom. The molecule has 4 aromatic rings. The molecule has 33 heavy (non-hydrogen) atoms. The first-order valence-corrected chi connectivity index (χ1v) is 10.7. The number of ether oxygens (including phenoxy) is 1. The zero-order valence-corrected chi connectivity index (χ0v) is 18.4. The number of halogens is 3. The van der Waals surface area contributed by atoms with Crippen molar-refractivity contribution in [1.29, 1.82) is 0 Å². The SMILES string of the molecule is COc1ccc2c(c1)c(CN1CCc3nc(-c4ccc(C(F)(F)F)cc4)ncc3C1)cn2C. The summed E-state index contributed by atoms with van der Waals surface area (Å²) in [4.78, 5) is 11.4. The predicted molar refractivity (Wildman–Crippen MR) is 120 cm³/mol. The molecule has 8 heteroatoms. The van der Waals surface area contributed by atoms with E-state index in [2.05, 4.69) is 37.8 Å². The molecule has 5 nitrogen and oxygen atoms in total. The number of aryl methyl sites for hydroxylation is 1. The number of fused-ring (bicyclic) bond motifs is 2. The van der Waals surface area contributed by atoms with E-state index in [1.54, 1.807) is 13.3 Å². The molecular weight excluding hydrogens is 429 g/mol.